The molecule has 2 N–H and O–H groups in total. The van der Waals surface area contributed by atoms with Crippen LogP contribution in [0.2, 0.25) is 0 Å². The van der Waals surface area contributed by atoms with Gasteiger partial charge in [0.05, 0.1) is 11.6 Å². The zero-order valence-electron chi connectivity index (χ0n) is 17.8. The van der Waals surface area contributed by atoms with Crippen LogP contribution in [0.3, 0.4) is 0 Å². The monoisotopic (exact) mass is 438 g/mol. The average Bonchev–Trinajstić information content (AvgIpc) is 3.49. The maximum absolute atomic E-state index is 14.4. The summed E-state index contributed by atoms with van der Waals surface area (Å²) in [7, 11) is 0. The van der Waals surface area contributed by atoms with Crippen LogP contribution in [0.25, 0.3) is 10.9 Å². The Morgan fingerprint density at radius 1 is 1.16 bits per heavy atom. The Labute approximate surface area is 184 Å². The van der Waals surface area contributed by atoms with Crippen molar-refractivity contribution in [2.45, 2.75) is 32.2 Å². The van der Waals surface area contributed by atoms with Crippen molar-refractivity contribution in [3.8, 4) is 0 Å². The predicted octanol–water partition coefficient (Wildman–Crippen LogP) is 4.21. The first-order valence-corrected chi connectivity index (χ1v) is 10.8. The van der Waals surface area contributed by atoms with E-state index >= 15 is 0 Å². The molecule has 3 aromatic rings. The van der Waals surface area contributed by atoms with Gasteiger partial charge in [0.25, 0.3) is 5.91 Å². The lowest BCUT2D eigenvalue weighted by atomic mass is 10.1. The van der Waals surface area contributed by atoms with E-state index in [0.717, 1.165) is 24.9 Å². The number of carbonyl (C=O) groups excluding carboxylic acids is 2. The molecule has 2 fully saturated rings. The van der Waals surface area contributed by atoms with Gasteiger partial charge < -0.3 is 20.1 Å². The normalized spacial score (nSPS) is 18.7. The van der Waals surface area contributed by atoms with Gasteiger partial charge >= 0.3 is 0 Å². The van der Waals surface area contributed by atoms with E-state index in [2.05, 4.69) is 10.3 Å². The molecule has 5 rings (SSSR count). The van der Waals surface area contributed by atoms with Crippen molar-refractivity contribution < 1.29 is 18.4 Å². The number of anilines is 2. The van der Waals surface area contributed by atoms with Gasteiger partial charge in [0.15, 0.2) is 0 Å². The predicted molar refractivity (Wildman–Crippen MR) is 119 cm³/mol. The molecule has 1 aromatic heterocycles. The zero-order valence-corrected chi connectivity index (χ0v) is 17.8. The maximum Gasteiger partial charge on any atom is 0.272 e. The molecule has 0 aliphatic carbocycles. The number of aryl methyl sites for hydroxylation is 1. The fourth-order valence-electron chi connectivity index (χ4n) is 4.76. The molecule has 2 aromatic carbocycles. The van der Waals surface area contributed by atoms with E-state index in [4.69, 9.17) is 0 Å². The third-order valence-electron chi connectivity index (χ3n) is 6.41. The van der Waals surface area contributed by atoms with Gasteiger partial charge in [-0.15, -0.1) is 0 Å². The van der Waals surface area contributed by atoms with Crippen LogP contribution in [0.4, 0.5) is 20.2 Å². The summed E-state index contributed by atoms with van der Waals surface area (Å²) in [5, 5.41) is 3.05. The summed E-state index contributed by atoms with van der Waals surface area (Å²) in [6.07, 6.45) is 2.33. The van der Waals surface area contributed by atoms with Gasteiger partial charge in [0, 0.05) is 42.8 Å². The summed E-state index contributed by atoms with van der Waals surface area (Å²) in [6.45, 7) is 3.97. The standard InChI is InChI=1S/C24H24F2N4O2/c1-14-4-5-20(26)19-12-21(28-23(14)19)24(32)27-16-9-15(25)10-18(11-16)29-8-6-17(13-29)30-7-2-3-22(30)31/h4-5,9-12,17,28H,2-3,6-8,13H2,1H3,(H,27,32). The summed E-state index contributed by atoms with van der Waals surface area (Å²) in [5.41, 5.74) is 2.57. The van der Waals surface area contributed by atoms with Gasteiger partial charge in [-0.1, -0.05) is 6.07 Å². The highest BCUT2D eigenvalue weighted by molar-refractivity contribution is 6.06. The minimum Gasteiger partial charge on any atom is -0.369 e. The van der Waals surface area contributed by atoms with Gasteiger partial charge in [-0.25, -0.2) is 8.78 Å². The van der Waals surface area contributed by atoms with Gasteiger partial charge in [0.2, 0.25) is 5.91 Å². The number of fused-ring (bicyclic) bond motifs is 1. The highest BCUT2D eigenvalue weighted by Gasteiger charge is 2.33. The molecule has 3 heterocycles. The van der Waals surface area contributed by atoms with Crippen molar-refractivity contribution >= 4 is 34.1 Å². The smallest absolute Gasteiger partial charge is 0.272 e. The highest BCUT2D eigenvalue weighted by Crippen LogP contribution is 2.29. The molecule has 32 heavy (non-hydrogen) atoms. The number of amides is 2. The van der Waals surface area contributed by atoms with Crippen molar-refractivity contribution in [2.24, 2.45) is 0 Å². The second-order valence-electron chi connectivity index (χ2n) is 8.57. The van der Waals surface area contributed by atoms with Gasteiger partial charge in [-0.3, -0.25) is 9.59 Å². The fourth-order valence-corrected chi connectivity index (χ4v) is 4.76. The number of aromatic amines is 1. The highest BCUT2D eigenvalue weighted by atomic mass is 19.1. The summed E-state index contributed by atoms with van der Waals surface area (Å²) >= 11 is 0. The lowest BCUT2D eigenvalue weighted by Gasteiger charge is -2.25. The molecule has 0 radical (unpaired) electrons. The molecule has 0 spiro atoms. The van der Waals surface area contributed by atoms with Crippen molar-refractivity contribution in [3.05, 3.63) is 59.3 Å². The lowest BCUT2D eigenvalue weighted by Crippen LogP contribution is -2.38. The van der Waals surface area contributed by atoms with E-state index in [9.17, 15) is 18.4 Å². The molecule has 2 aliphatic heterocycles. The summed E-state index contributed by atoms with van der Waals surface area (Å²) in [4.78, 5) is 31.7. The fraction of sp³-hybridized carbons (Fsp3) is 0.333. The SMILES string of the molecule is Cc1ccc(F)c2cc(C(=O)Nc3cc(F)cc(N4CCC(N5CCCC5=O)C4)c3)[nH]c12. The molecular formula is C24H24F2N4O2. The molecule has 1 atom stereocenters. The first kappa shape index (κ1) is 20.5. The third kappa shape index (κ3) is 3.70. The van der Waals surface area contributed by atoms with Crippen LogP contribution in [0.15, 0.2) is 36.4 Å². The van der Waals surface area contributed by atoms with Crippen LogP contribution in [0.5, 0.6) is 0 Å². The maximum atomic E-state index is 14.4. The molecule has 8 heteroatoms. The van der Waals surface area contributed by atoms with E-state index in [1.807, 2.05) is 16.7 Å². The van der Waals surface area contributed by atoms with E-state index < -0.39 is 17.5 Å². The van der Waals surface area contributed by atoms with Gasteiger partial charge in [-0.05, 0) is 55.7 Å². The molecule has 0 saturated carbocycles. The third-order valence-corrected chi connectivity index (χ3v) is 6.41. The number of halogens is 2. The molecule has 166 valence electrons. The Morgan fingerprint density at radius 2 is 2.00 bits per heavy atom. The van der Waals surface area contributed by atoms with Crippen LogP contribution >= 0.6 is 0 Å². The minimum atomic E-state index is -0.474. The average molecular weight is 438 g/mol. The lowest BCUT2D eigenvalue weighted by molar-refractivity contribution is -0.129. The quantitative estimate of drug-likeness (QED) is 0.641. The van der Waals surface area contributed by atoms with E-state index in [0.29, 0.717) is 41.8 Å². The van der Waals surface area contributed by atoms with Crippen LogP contribution < -0.4 is 10.2 Å². The number of hydrogen-bond donors (Lipinski definition) is 2. The van der Waals surface area contributed by atoms with Crippen LogP contribution in [0.1, 0.15) is 35.3 Å². The Kier molecular flexibility index (Phi) is 5.07. The number of rotatable bonds is 4. The van der Waals surface area contributed by atoms with Crippen LogP contribution in [0, 0.1) is 18.6 Å². The number of nitrogens with one attached hydrogen (secondary N) is 2. The number of likely N-dealkylation sites (tertiary alicyclic amines) is 1. The number of hydrogen-bond acceptors (Lipinski definition) is 3. The van der Waals surface area contributed by atoms with Gasteiger partial charge in [-0.2, -0.15) is 0 Å². The first-order valence-electron chi connectivity index (χ1n) is 10.8. The molecular weight excluding hydrogens is 414 g/mol. The largest absolute Gasteiger partial charge is 0.369 e. The van der Waals surface area contributed by atoms with Crippen LogP contribution in [-0.2, 0) is 4.79 Å². The summed E-state index contributed by atoms with van der Waals surface area (Å²) < 4.78 is 28.5. The van der Waals surface area contributed by atoms with E-state index in [1.54, 1.807) is 12.1 Å². The molecule has 0 bridgehead atoms. The van der Waals surface area contributed by atoms with Crippen molar-refractivity contribution in [1.82, 2.24) is 9.88 Å². The topological polar surface area (TPSA) is 68.4 Å². The molecule has 6 nitrogen and oxygen atoms in total. The van der Waals surface area contributed by atoms with Gasteiger partial charge in [0.1, 0.15) is 17.3 Å². The Morgan fingerprint density at radius 3 is 2.75 bits per heavy atom. The Balaban J connectivity index is 1.34. The first-order chi connectivity index (χ1) is 15.4. The molecule has 2 saturated heterocycles. The van der Waals surface area contributed by atoms with E-state index in [-0.39, 0.29) is 17.6 Å². The number of H-pyrrole nitrogens is 1. The number of aromatic nitrogens is 1. The zero-order chi connectivity index (χ0) is 22.4. The molecule has 2 aliphatic rings. The molecule has 1 unspecified atom stereocenters. The van der Waals surface area contributed by atoms with E-state index in [1.165, 1.54) is 24.3 Å². The van der Waals surface area contributed by atoms with Crippen molar-refractivity contribution in [1.29, 1.82) is 0 Å². The Bertz CT molecular complexity index is 1180. The van der Waals surface area contributed by atoms with Crippen molar-refractivity contribution in [3.63, 3.8) is 0 Å². The molecule has 2 amide bonds. The minimum absolute atomic E-state index is 0.135. The second kappa shape index (κ2) is 7.93. The van der Waals surface area contributed by atoms with Crippen molar-refractivity contribution in [2.75, 3.05) is 29.9 Å². The number of benzene rings is 2. The second-order valence-corrected chi connectivity index (χ2v) is 8.57. The van der Waals surface area contributed by atoms with Crippen LogP contribution in [-0.4, -0.2) is 47.4 Å². The summed E-state index contributed by atoms with van der Waals surface area (Å²) in [6, 6.07) is 9.03. The summed E-state index contributed by atoms with van der Waals surface area (Å²) in [5.74, 6) is -1.15. The number of carbonyl (C=O) groups is 2. The number of nitrogens with zero attached hydrogens (tertiary/aromatic N) is 2. The Hall–Kier alpha value is -3.42.